The van der Waals surface area contributed by atoms with Crippen molar-refractivity contribution in [2.75, 3.05) is 6.61 Å². The van der Waals surface area contributed by atoms with Crippen molar-refractivity contribution in [3.05, 3.63) is 0 Å². The summed E-state index contributed by atoms with van der Waals surface area (Å²) in [6, 6.07) is 0. The molecule has 1 rings (SSSR count). The molecule has 0 aromatic heterocycles. The maximum atomic E-state index is 9.91. The minimum absolute atomic E-state index is 0. The molecular formula is C5H7LiO3. The van der Waals surface area contributed by atoms with Gasteiger partial charge in [-0.1, -0.05) is 0 Å². The third-order valence-corrected chi connectivity index (χ3v) is 1.46. The van der Waals surface area contributed by atoms with Gasteiger partial charge < -0.3 is 15.0 Å². The van der Waals surface area contributed by atoms with Crippen LogP contribution < -0.4 is 24.0 Å². The molecule has 0 aromatic carbocycles. The Bertz CT molecular complexity index is 115. The molecule has 46 valence electrons. The number of carbonyl (C=O) groups excluding carboxylic acids is 1. The molecule has 0 spiro atoms. The Morgan fingerprint density at radius 2 is 2.33 bits per heavy atom. The van der Waals surface area contributed by atoms with Crippen molar-refractivity contribution >= 4 is 5.97 Å². The van der Waals surface area contributed by atoms with Gasteiger partial charge in [0, 0.05) is 18.5 Å². The van der Waals surface area contributed by atoms with Crippen molar-refractivity contribution in [2.24, 2.45) is 11.8 Å². The molecule has 0 bridgehead atoms. The van der Waals surface area contributed by atoms with Crippen LogP contribution in [-0.2, 0) is 4.79 Å². The fraction of sp³-hybridized carbons (Fsp3) is 0.800. The molecule has 0 aliphatic heterocycles. The molecule has 1 fully saturated rings. The smallest absolute Gasteiger partial charge is 0.550 e. The van der Waals surface area contributed by atoms with Gasteiger partial charge in [-0.15, -0.1) is 0 Å². The first-order valence-electron chi connectivity index (χ1n) is 2.57. The maximum absolute atomic E-state index is 9.91. The fourth-order valence-electron chi connectivity index (χ4n) is 0.738. The quantitative estimate of drug-likeness (QED) is 0.375. The molecular weight excluding hydrogens is 115 g/mol. The second-order valence-electron chi connectivity index (χ2n) is 2.10. The van der Waals surface area contributed by atoms with Crippen molar-refractivity contribution in [1.82, 2.24) is 0 Å². The molecule has 0 unspecified atom stereocenters. The zero-order valence-electron chi connectivity index (χ0n) is 5.33. The third kappa shape index (κ3) is 2.02. The molecule has 9 heavy (non-hydrogen) atoms. The van der Waals surface area contributed by atoms with Crippen LogP contribution in [0, 0.1) is 11.8 Å². The summed E-state index contributed by atoms with van der Waals surface area (Å²) in [6.07, 6.45) is 0.596. The Hall–Kier alpha value is 0.0274. The SMILES string of the molecule is O=C([O-])[C@@H]1C[C@H]1CO.[Li+]. The van der Waals surface area contributed by atoms with Crippen molar-refractivity contribution < 1.29 is 33.9 Å². The summed E-state index contributed by atoms with van der Waals surface area (Å²) in [7, 11) is 0. The predicted molar refractivity (Wildman–Crippen MR) is 23.7 cm³/mol. The number of carboxylic acids is 1. The first kappa shape index (κ1) is 9.03. The van der Waals surface area contributed by atoms with E-state index in [1.165, 1.54) is 0 Å². The van der Waals surface area contributed by atoms with Crippen LogP contribution in [0.2, 0.25) is 0 Å². The topological polar surface area (TPSA) is 60.4 Å². The Morgan fingerprint density at radius 1 is 1.78 bits per heavy atom. The number of hydrogen-bond donors (Lipinski definition) is 1. The van der Waals surface area contributed by atoms with Crippen LogP contribution in [0.25, 0.3) is 0 Å². The summed E-state index contributed by atoms with van der Waals surface area (Å²) in [5.74, 6) is -1.40. The molecule has 0 radical (unpaired) electrons. The molecule has 2 atom stereocenters. The normalized spacial score (nSPS) is 30.8. The van der Waals surface area contributed by atoms with Gasteiger partial charge in [-0.25, -0.2) is 0 Å². The van der Waals surface area contributed by atoms with E-state index in [0.717, 1.165) is 0 Å². The summed E-state index contributed by atoms with van der Waals surface area (Å²) >= 11 is 0. The van der Waals surface area contributed by atoms with Gasteiger partial charge in [0.25, 0.3) is 0 Å². The number of aliphatic carboxylic acids is 1. The van der Waals surface area contributed by atoms with Crippen LogP contribution in [0.3, 0.4) is 0 Å². The molecule has 1 aliphatic carbocycles. The van der Waals surface area contributed by atoms with Gasteiger partial charge in [0.1, 0.15) is 0 Å². The monoisotopic (exact) mass is 122 g/mol. The van der Waals surface area contributed by atoms with Gasteiger partial charge in [0.2, 0.25) is 0 Å². The van der Waals surface area contributed by atoms with Gasteiger partial charge in [-0.05, 0) is 12.3 Å². The number of aliphatic hydroxyl groups is 1. The minimum Gasteiger partial charge on any atom is -0.550 e. The molecule has 1 N–H and O–H groups in total. The molecule has 1 saturated carbocycles. The van der Waals surface area contributed by atoms with E-state index in [-0.39, 0.29) is 37.3 Å². The minimum atomic E-state index is -1.02. The molecule has 1 aliphatic rings. The summed E-state index contributed by atoms with van der Waals surface area (Å²) in [5.41, 5.74) is 0. The van der Waals surface area contributed by atoms with E-state index in [2.05, 4.69) is 0 Å². The van der Waals surface area contributed by atoms with E-state index in [1.54, 1.807) is 0 Å². The first-order chi connectivity index (χ1) is 3.75. The predicted octanol–water partition coefficient (Wildman–Crippen LogP) is -4.63. The van der Waals surface area contributed by atoms with Gasteiger partial charge in [0.15, 0.2) is 0 Å². The maximum Gasteiger partial charge on any atom is 1.00 e. The van der Waals surface area contributed by atoms with Gasteiger partial charge in [-0.2, -0.15) is 0 Å². The molecule has 0 aromatic rings. The zero-order valence-corrected chi connectivity index (χ0v) is 5.33. The van der Waals surface area contributed by atoms with E-state index in [1.807, 2.05) is 0 Å². The van der Waals surface area contributed by atoms with E-state index < -0.39 is 5.97 Å². The van der Waals surface area contributed by atoms with Crippen LogP contribution >= 0.6 is 0 Å². The second-order valence-corrected chi connectivity index (χ2v) is 2.10. The average Bonchev–Trinajstić information content (AvgIpc) is 2.42. The Morgan fingerprint density at radius 3 is 2.44 bits per heavy atom. The largest absolute Gasteiger partial charge is 1.00 e. The molecule has 0 saturated heterocycles. The summed E-state index contributed by atoms with van der Waals surface area (Å²) in [6.45, 7) is -0.0152. The van der Waals surface area contributed by atoms with Crippen molar-refractivity contribution in [1.29, 1.82) is 0 Å². The number of carbonyl (C=O) groups is 1. The summed E-state index contributed by atoms with van der Waals surface area (Å²) in [4.78, 5) is 9.91. The Balaban J connectivity index is 0.000000640. The van der Waals surface area contributed by atoms with Crippen molar-refractivity contribution in [3.63, 3.8) is 0 Å². The molecule has 4 heteroatoms. The van der Waals surface area contributed by atoms with Crippen LogP contribution in [0.15, 0.2) is 0 Å². The number of rotatable bonds is 2. The summed E-state index contributed by atoms with van der Waals surface area (Å²) in [5, 5.41) is 18.2. The number of carboxylic acid groups (broad SMARTS) is 1. The zero-order chi connectivity index (χ0) is 6.15. The molecule has 3 nitrogen and oxygen atoms in total. The first-order valence-corrected chi connectivity index (χ1v) is 2.57. The van der Waals surface area contributed by atoms with Crippen LogP contribution in [0.1, 0.15) is 6.42 Å². The van der Waals surface area contributed by atoms with Crippen molar-refractivity contribution in [3.8, 4) is 0 Å². The van der Waals surface area contributed by atoms with Crippen LogP contribution in [0.4, 0.5) is 0 Å². The van der Waals surface area contributed by atoms with E-state index >= 15 is 0 Å². The van der Waals surface area contributed by atoms with Gasteiger partial charge >= 0.3 is 18.9 Å². The number of aliphatic hydroxyl groups excluding tert-OH is 1. The number of hydrogen-bond acceptors (Lipinski definition) is 3. The van der Waals surface area contributed by atoms with E-state index in [9.17, 15) is 9.90 Å². The average molecular weight is 122 g/mol. The fourth-order valence-corrected chi connectivity index (χ4v) is 0.738. The Labute approximate surface area is 65.2 Å². The van der Waals surface area contributed by atoms with E-state index in [4.69, 9.17) is 5.11 Å². The third-order valence-electron chi connectivity index (χ3n) is 1.46. The van der Waals surface area contributed by atoms with Crippen LogP contribution in [-0.4, -0.2) is 17.7 Å². The van der Waals surface area contributed by atoms with Crippen LogP contribution in [0.5, 0.6) is 0 Å². The second kappa shape index (κ2) is 3.26. The van der Waals surface area contributed by atoms with E-state index in [0.29, 0.717) is 6.42 Å². The van der Waals surface area contributed by atoms with Crippen molar-refractivity contribution in [2.45, 2.75) is 6.42 Å². The van der Waals surface area contributed by atoms with Gasteiger partial charge in [0.05, 0.1) is 0 Å². The molecule has 0 amide bonds. The molecule has 0 heterocycles. The standard InChI is InChI=1S/C5H8O3.Li/c6-2-3-1-4(3)5(7)8;/h3-4,6H,1-2H2,(H,7,8);/q;+1/p-1/t3-,4+;/m0./s1. The summed E-state index contributed by atoms with van der Waals surface area (Å²) < 4.78 is 0. The van der Waals surface area contributed by atoms with Gasteiger partial charge in [-0.3, -0.25) is 0 Å². The Kier molecular flexibility index (Phi) is 3.27.